The summed E-state index contributed by atoms with van der Waals surface area (Å²) in [6, 6.07) is 9.66. The Morgan fingerprint density at radius 2 is 1.86 bits per heavy atom. The molecule has 1 aromatic rings. The number of rotatable bonds is 8. The molecule has 0 bridgehead atoms. The van der Waals surface area contributed by atoms with Gasteiger partial charge in [0, 0.05) is 0 Å². The van der Waals surface area contributed by atoms with Crippen LogP contribution in [0.2, 0.25) is 25.2 Å². The van der Waals surface area contributed by atoms with Crippen molar-refractivity contribution in [3.63, 3.8) is 0 Å². The van der Waals surface area contributed by atoms with Gasteiger partial charge in [0.05, 0.1) is 26.5 Å². The summed E-state index contributed by atoms with van der Waals surface area (Å²) >= 11 is 0. The molecule has 124 valence electrons. The van der Waals surface area contributed by atoms with E-state index in [1.54, 1.807) is 0 Å². The van der Waals surface area contributed by atoms with Crippen LogP contribution in [0.4, 0.5) is 0 Å². The lowest BCUT2D eigenvalue weighted by Crippen LogP contribution is -2.30. The molecule has 0 aromatic heterocycles. The minimum Gasteiger partial charge on any atom is -0.494 e. The van der Waals surface area contributed by atoms with Gasteiger partial charge in [-0.05, 0) is 36.9 Å². The fourth-order valence-electron chi connectivity index (χ4n) is 3.17. The van der Waals surface area contributed by atoms with Crippen molar-refractivity contribution in [1.82, 2.24) is 0 Å². The topological polar surface area (TPSA) is 52.6 Å². The quantitative estimate of drug-likeness (QED) is 0.411. The van der Waals surface area contributed by atoms with Gasteiger partial charge >= 0.3 is 0 Å². The summed E-state index contributed by atoms with van der Waals surface area (Å²) in [6.07, 6.45) is 3.54. The maximum atomic E-state index is 11.6. The Labute approximate surface area is 135 Å². The van der Waals surface area contributed by atoms with E-state index in [-0.39, 0.29) is 0 Å². The van der Waals surface area contributed by atoms with Crippen molar-refractivity contribution in [1.29, 1.82) is 0 Å². The lowest BCUT2D eigenvalue weighted by atomic mass is 10.2. The van der Waals surface area contributed by atoms with Gasteiger partial charge in [-0.1, -0.05) is 37.8 Å². The van der Waals surface area contributed by atoms with Gasteiger partial charge in [0.1, 0.15) is 5.75 Å². The van der Waals surface area contributed by atoms with E-state index in [4.69, 9.17) is 8.92 Å². The number of ether oxygens (including phenoxy) is 1. The molecule has 6 heteroatoms. The SMILES string of the molecule is C[Si](C)(C)C1CC1(CCCOc1ccccc1)OS(C)(=O)=O. The molecule has 2 atom stereocenters. The highest BCUT2D eigenvalue weighted by atomic mass is 32.2. The van der Waals surface area contributed by atoms with Gasteiger partial charge in [0.15, 0.2) is 0 Å². The van der Waals surface area contributed by atoms with E-state index in [9.17, 15) is 8.42 Å². The van der Waals surface area contributed by atoms with Crippen LogP contribution < -0.4 is 4.74 Å². The fourth-order valence-corrected chi connectivity index (χ4v) is 6.87. The molecular weight excluding hydrogens is 316 g/mol. The highest BCUT2D eigenvalue weighted by molar-refractivity contribution is 7.86. The van der Waals surface area contributed by atoms with Crippen molar-refractivity contribution in [2.75, 3.05) is 12.9 Å². The van der Waals surface area contributed by atoms with Crippen LogP contribution in [0.5, 0.6) is 5.75 Å². The van der Waals surface area contributed by atoms with Gasteiger partial charge < -0.3 is 4.74 Å². The smallest absolute Gasteiger partial charge is 0.264 e. The van der Waals surface area contributed by atoms with Gasteiger partial charge in [0.2, 0.25) is 0 Å². The van der Waals surface area contributed by atoms with E-state index in [1.807, 2.05) is 30.3 Å². The molecule has 0 spiro atoms. The van der Waals surface area contributed by atoms with Crippen LogP contribution in [0, 0.1) is 0 Å². The van der Waals surface area contributed by atoms with Gasteiger partial charge in [-0.25, -0.2) is 0 Å². The molecule has 0 saturated heterocycles. The molecule has 1 aliphatic rings. The van der Waals surface area contributed by atoms with Crippen molar-refractivity contribution in [3.05, 3.63) is 30.3 Å². The molecule has 1 aliphatic carbocycles. The standard InChI is InChI=1S/C16H26O4SSi/c1-21(17,18)20-16(13-15(16)22(2,3)4)11-8-12-19-14-9-6-5-7-10-14/h5-7,9-10,15H,8,11-13H2,1-4H3. The minimum absolute atomic E-state index is 0.409. The lowest BCUT2D eigenvalue weighted by Gasteiger charge is -2.23. The third-order valence-electron chi connectivity index (χ3n) is 4.14. The zero-order chi connectivity index (χ0) is 16.4. The number of hydrogen-bond acceptors (Lipinski definition) is 4. The third-order valence-corrected chi connectivity index (χ3v) is 7.60. The Kier molecular flexibility index (Phi) is 5.04. The summed E-state index contributed by atoms with van der Waals surface area (Å²) < 4.78 is 34.3. The Morgan fingerprint density at radius 1 is 1.23 bits per heavy atom. The van der Waals surface area contributed by atoms with Crippen LogP contribution in [0.3, 0.4) is 0 Å². The number of para-hydroxylation sites is 1. The number of hydrogen-bond donors (Lipinski definition) is 0. The number of benzene rings is 1. The van der Waals surface area contributed by atoms with Crippen molar-refractivity contribution in [2.45, 2.75) is 50.0 Å². The second-order valence-corrected chi connectivity index (χ2v) is 14.2. The molecule has 1 fully saturated rings. The maximum Gasteiger partial charge on any atom is 0.264 e. The predicted octanol–water partition coefficient (Wildman–Crippen LogP) is 3.67. The molecule has 0 N–H and O–H groups in total. The first kappa shape index (κ1) is 17.5. The summed E-state index contributed by atoms with van der Waals surface area (Å²) in [5, 5.41) is 0. The van der Waals surface area contributed by atoms with Crippen LogP contribution >= 0.6 is 0 Å². The maximum absolute atomic E-state index is 11.6. The molecule has 1 aromatic carbocycles. The molecule has 0 aliphatic heterocycles. The van der Waals surface area contributed by atoms with E-state index >= 15 is 0 Å². The second-order valence-electron chi connectivity index (χ2n) is 7.24. The molecule has 4 nitrogen and oxygen atoms in total. The molecule has 22 heavy (non-hydrogen) atoms. The Morgan fingerprint density at radius 3 is 2.36 bits per heavy atom. The molecule has 1 saturated carbocycles. The van der Waals surface area contributed by atoms with Crippen molar-refractivity contribution < 1.29 is 17.3 Å². The highest BCUT2D eigenvalue weighted by Gasteiger charge is 2.62. The Hall–Kier alpha value is -0.853. The summed E-state index contributed by atoms with van der Waals surface area (Å²) in [5.74, 6) is 0.845. The molecule has 2 unspecified atom stereocenters. The summed E-state index contributed by atoms with van der Waals surface area (Å²) in [5.41, 5.74) is -0.0654. The molecule has 0 radical (unpaired) electrons. The van der Waals surface area contributed by atoms with Crippen LogP contribution in [0.1, 0.15) is 19.3 Å². The van der Waals surface area contributed by atoms with E-state index in [0.29, 0.717) is 12.1 Å². The van der Waals surface area contributed by atoms with Crippen LogP contribution in [-0.4, -0.2) is 35.0 Å². The average Bonchev–Trinajstić information content (AvgIpc) is 3.08. The van der Waals surface area contributed by atoms with Crippen molar-refractivity contribution in [2.24, 2.45) is 0 Å². The van der Waals surface area contributed by atoms with E-state index < -0.39 is 23.8 Å². The molecule has 0 amide bonds. The van der Waals surface area contributed by atoms with Gasteiger partial charge in [0.25, 0.3) is 10.1 Å². The lowest BCUT2D eigenvalue weighted by molar-refractivity contribution is 0.163. The second kappa shape index (κ2) is 6.33. The molecular formula is C16H26O4SSi. The van der Waals surface area contributed by atoms with Crippen molar-refractivity contribution >= 4 is 18.2 Å². The largest absolute Gasteiger partial charge is 0.494 e. The molecule has 2 rings (SSSR count). The van der Waals surface area contributed by atoms with E-state index in [0.717, 1.165) is 31.3 Å². The normalized spacial score (nSPS) is 25.0. The van der Waals surface area contributed by atoms with Gasteiger partial charge in [-0.2, -0.15) is 8.42 Å². The monoisotopic (exact) mass is 342 g/mol. The van der Waals surface area contributed by atoms with Gasteiger partial charge in [-0.3, -0.25) is 4.18 Å². The third kappa shape index (κ3) is 4.83. The molecule has 0 heterocycles. The van der Waals surface area contributed by atoms with Crippen LogP contribution in [0.15, 0.2) is 30.3 Å². The van der Waals surface area contributed by atoms with E-state index in [2.05, 4.69) is 19.6 Å². The minimum atomic E-state index is -3.42. The summed E-state index contributed by atoms with van der Waals surface area (Å²) in [4.78, 5) is 0. The van der Waals surface area contributed by atoms with Crippen molar-refractivity contribution in [3.8, 4) is 5.75 Å². The van der Waals surface area contributed by atoms with Crippen LogP contribution in [0.25, 0.3) is 0 Å². The van der Waals surface area contributed by atoms with E-state index in [1.165, 1.54) is 0 Å². The first-order valence-electron chi connectivity index (χ1n) is 7.71. The first-order valence-corrected chi connectivity index (χ1v) is 13.1. The van der Waals surface area contributed by atoms with Gasteiger partial charge in [-0.15, -0.1) is 0 Å². The highest BCUT2D eigenvalue weighted by Crippen LogP contribution is 2.60. The van der Waals surface area contributed by atoms with Crippen LogP contribution in [-0.2, 0) is 14.3 Å². The predicted molar refractivity (Wildman–Crippen MR) is 91.5 cm³/mol. The fraction of sp³-hybridized carbons (Fsp3) is 0.625. The summed E-state index contributed by atoms with van der Waals surface area (Å²) in [6.45, 7) is 7.39. The summed E-state index contributed by atoms with van der Waals surface area (Å²) in [7, 11) is -4.83. The average molecular weight is 343 g/mol. The first-order chi connectivity index (χ1) is 10.1. The zero-order valence-electron chi connectivity index (χ0n) is 13.8. The zero-order valence-corrected chi connectivity index (χ0v) is 15.7. The Balaban J connectivity index is 1.89. The Bertz CT molecular complexity index is 594.